The van der Waals surface area contributed by atoms with Crippen LogP contribution < -0.4 is 4.74 Å². The highest BCUT2D eigenvalue weighted by Crippen LogP contribution is 2.34. The number of aromatic nitrogens is 2. The minimum absolute atomic E-state index is 0.0503. The number of benzene rings is 1. The van der Waals surface area contributed by atoms with E-state index in [0.717, 1.165) is 12.4 Å². The fraction of sp³-hybridized carbons (Fsp3) is 0.308. The third kappa shape index (κ3) is 3.78. The molecule has 114 valence electrons. The first-order valence-electron chi connectivity index (χ1n) is 6.20. The summed E-state index contributed by atoms with van der Waals surface area (Å²) in [7, 11) is 1.58. The molecule has 0 N–H and O–H groups in total. The normalized spacial score (nSPS) is 11.6. The van der Waals surface area contributed by atoms with E-state index in [-0.39, 0.29) is 17.3 Å². The van der Waals surface area contributed by atoms with Gasteiger partial charge in [-0.25, -0.2) is 13.4 Å². The predicted octanol–water partition coefficient (Wildman–Crippen LogP) is 3.48. The Morgan fingerprint density at radius 2 is 2.14 bits per heavy atom. The maximum Gasteiger partial charge on any atom is 0.265 e. The van der Waals surface area contributed by atoms with Crippen molar-refractivity contribution in [1.29, 1.82) is 0 Å². The molecule has 1 aromatic carbocycles. The predicted molar refractivity (Wildman–Crippen MR) is 84.2 cm³/mol. The van der Waals surface area contributed by atoms with Gasteiger partial charge in [-0.05, 0) is 31.5 Å². The van der Waals surface area contributed by atoms with Gasteiger partial charge in [-0.1, -0.05) is 15.9 Å². The third-order valence-corrected chi connectivity index (χ3v) is 4.74. The first-order valence-corrected chi connectivity index (χ1v) is 9.30. The van der Waals surface area contributed by atoms with E-state index in [1.54, 1.807) is 19.2 Å². The van der Waals surface area contributed by atoms with E-state index in [2.05, 4.69) is 20.9 Å². The van der Waals surface area contributed by atoms with Crippen LogP contribution in [0.2, 0.25) is 0 Å². The van der Waals surface area contributed by atoms with E-state index in [4.69, 9.17) is 15.4 Å². The smallest absolute Gasteiger partial charge is 0.265 e. The van der Waals surface area contributed by atoms with Gasteiger partial charge in [0.1, 0.15) is 23.1 Å². The van der Waals surface area contributed by atoms with Gasteiger partial charge in [-0.3, -0.25) is 0 Å². The summed E-state index contributed by atoms with van der Waals surface area (Å²) in [6, 6.07) is 3.20. The van der Waals surface area contributed by atoms with Crippen LogP contribution in [0.1, 0.15) is 18.3 Å². The lowest BCUT2D eigenvalue weighted by Crippen LogP contribution is -2.08. The van der Waals surface area contributed by atoms with Gasteiger partial charge in [-0.15, -0.1) is 0 Å². The van der Waals surface area contributed by atoms with Crippen LogP contribution in [0.3, 0.4) is 0 Å². The van der Waals surface area contributed by atoms with Crippen LogP contribution in [0.15, 0.2) is 33.9 Å². The Hall–Kier alpha value is -1.05. The second kappa shape index (κ2) is 6.37. The third-order valence-electron chi connectivity index (χ3n) is 2.96. The lowest BCUT2D eigenvalue weighted by atomic mass is 10.2. The van der Waals surface area contributed by atoms with Crippen molar-refractivity contribution in [2.24, 2.45) is 0 Å². The van der Waals surface area contributed by atoms with Crippen molar-refractivity contribution < 1.29 is 13.2 Å². The minimum atomic E-state index is -3.90. The van der Waals surface area contributed by atoms with E-state index in [0.29, 0.717) is 10.0 Å². The fourth-order valence-electron chi connectivity index (χ4n) is 1.97. The summed E-state index contributed by atoms with van der Waals surface area (Å²) < 4.78 is 31.6. The minimum Gasteiger partial charge on any atom is -0.484 e. The zero-order valence-electron chi connectivity index (χ0n) is 11.5. The molecule has 0 spiro atoms. The molecule has 0 atom stereocenters. The quantitative estimate of drug-likeness (QED) is 0.730. The summed E-state index contributed by atoms with van der Waals surface area (Å²) in [6.45, 7) is 4.68. The van der Waals surface area contributed by atoms with Gasteiger partial charge < -0.3 is 9.30 Å². The molecule has 0 fully saturated rings. The van der Waals surface area contributed by atoms with Crippen molar-refractivity contribution in [2.45, 2.75) is 31.9 Å². The average molecular weight is 394 g/mol. The van der Waals surface area contributed by atoms with Crippen LogP contribution in [-0.4, -0.2) is 18.0 Å². The van der Waals surface area contributed by atoms with Crippen LogP contribution in [0, 0.1) is 6.92 Å². The SMILES string of the molecule is CCn1ccnc1COc1c(C)cc(Br)cc1S(=O)(=O)Cl. The summed E-state index contributed by atoms with van der Waals surface area (Å²) in [6.07, 6.45) is 3.52. The Bertz CT molecular complexity index is 759. The molecule has 0 unspecified atom stereocenters. The van der Waals surface area contributed by atoms with E-state index in [9.17, 15) is 8.42 Å². The molecule has 8 heteroatoms. The highest BCUT2D eigenvalue weighted by molar-refractivity contribution is 9.10. The van der Waals surface area contributed by atoms with Gasteiger partial charge in [0.2, 0.25) is 0 Å². The van der Waals surface area contributed by atoms with Gasteiger partial charge in [-0.2, -0.15) is 0 Å². The van der Waals surface area contributed by atoms with Crippen molar-refractivity contribution in [3.63, 3.8) is 0 Å². The molecule has 21 heavy (non-hydrogen) atoms. The van der Waals surface area contributed by atoms with Crippen LogP contribution in [0.25, 0.3) is 0 Å². The summed E-state index contributed by atoms with van der Waals surface area (Å²) in [4.78, 5) is 4.14. The van der Waals surface area contributed by atoms with Crippen LogP contribution in [-0.2, 0) is 22.2 Å². The molecule has 1 aromatic heterocycles. The Morgan fingerprint density at radius 1 is 1.43 bits per heavy atom. The number of rotatable bonds is 5. The number of ether oxygens (including phenoxy) is 1. The number of aryl methyl sites for hydroxylation is 2. The van der Waals surface area contributed by atoms with Gasteiger partial charge in [0.25, 0.3) is 9.05 Å². The molecule has 0 aliphatic rings. The number of nitrogens with zero attached hydrogens (tertiary/aromatic N) is 2. The number of halogens is 2. The molecule has 1 heterocycles. The maximum absolute atomic E-state index is 11.7. The molecule has 0 saturated carbocycles. The lowest BCUT2D eigenvalue weighted by Gasteiger charge is -2.13. The molecular weight excluding hydrogens is 380 g/mol. The molecule has 2 aromatic rings. The molecule has 2 rings (SSSR count). The molecule has 0 saturated heterocycles. The van der Waals surface area contributed by atoms with Gasteiger partial charge in [0.15, 0.2) is 0 Å². The average Bonchev–Trinajstić information content (AvgIpc) is 2.83. The Balaban J connectivity index is 2.36. The second-order valence-electron chi connectivity index (χ2n) is 4.41. The monoisotopic (exact) mass is 392 g/mol. The number of hydrogen-bond acceptors (Lipinski definition) is 4. The first kappa shape index (κ1) is 16.3. The molecule has 5 nitrogen and oxygen atoms in total. The molecular formula is C13H14BrClN2O3S. The maximum atomic E-state index is 11.7. The van der Waals surface area contributed by atoms with Crippen molar-refractivity contribution in [1.82, 2.24) is 9.55 Å². The molecule has 0 radical (unpaired) electrons. The Labute approximate surface area is 136 Å². The Morgan fingerprint density at radius 3 is 2.76 bits per heavy atom. The van der Waals surface area contributed by atoms with Crippen LogP contribution in [0.4, 0.5) is 0 Å². The fourth-order valence-corrected chi connectivity index (χ4v) is 3.75. The summed E-state index contributed by atoms with van der Waals surface area (Å²) in [5.41, 5.74) is 0.679. The van der Waals surface area contributed by atoms with Crippen LogP contribution >= 0.6 is 26.6 Å². The van der Waals surface area contributed by atoms with E-state index < -0.39 is 9.05 Å². The van der Waals surface area contributed by atoms with Crippen LogP contribution in [0.5, 0.6) is 5.75 Å². The number of imidazole rings is 1. The molecule has 0 aliphatic carbocycles. The number of hydrogen-bond donors (Lipinski definition) is 0. The topological polar surface area (TPSA) is 61.2 Å². The van der Waals surface area contributed by atoms with Gasteiger partial charge >= 0.3 is 0 Å². The van der Waals surface area contributed by atoms with Crippen molar-refractivity contribution in [2.75, 3.05) is 0 Å². The first-order chi connectivity index (χ1) is 9.82. The van der Waals surface area contributed by atoms with Crippen molar-refractivity contribution in [3.05, 3.63) is 40.4 Å². The summed E-state index contributed by atoms with van der Waals surface area (Å²) in [5.74, 6) is 0.969. The molecule has 0 aliphatic heterocycles. The van der Waals surface area contributed by atoms with E-state index in [1.165, 1.54) is 6.07 Å². The highest BCUT2D eigenvalue weighted by atomic mass is 79.9. The van der Waals surface area contributed by atoms with Crippen molar-refractivity contribution in [3.8, 4) is 5.75 Å². The zero-order chi connectivity index (χ0) is 15.6. The standard InChI is InChI=1S/C13H14BrClN2O3S/c1-3-17-5-4-16-12(17)8-20-13-9(2)6-10(14)7-11(13)21(15,18)19/h4-7H,3,8H2,1-2H3. The summed E-state index contributed by atoms with van der Waals surface area (Å²) in [5, 5.41) is 0. The molecule has 0 bridgehead atoms. The van der Waals surface area contributed by atoms with E-state index in [1.807, 2.05) is 17.7 Å². The molecule has 0 amide bonds. The lowest BCUT2D eigenvalue weighted by molar-refractivity contribution is 0.280. The van der Waals surface area contributed by atoms with E-state index >= 15 is 0 Å². The Kier molecular flexibility index (Phi) is 4.95. The summed E-state index contributed by atoms with van der Waals surface area (Å²) >= 11 is 3.26. The second-order valence-corrected chi connectivity index (χ2v) is 7.86. The van der Waals surface area contributed by atoms with Gasteiger partial charge in [0.05, 0.1) is 0 Å². The van der Waals surface area contributed by atoms with Crippen molar-refractivity contribution >= 4 is 35.7 Å². The zero-order valence-corrected chi connectivity index (χ0v) is 14.7. The highest BCUT2D eigenvalue weighted by Gasteiger charge is 2.20. The van der Waals surface area contributed by atoms with Gasteiger partial charge in [0, 0.05) is 34.1 Å². The largest absolute Gasteiger partial charge is 0.484 e.